The van der Waals surface area contributed by atoms with E-state index in [2.05, 4.69) is 5.32 Å². The smallest absolute Gasteiger partial charge is 0.339 e. The molecule has 0 bridgehead atoms. The summed E-state index contributed by atoms with van der Waals surface area (Å²) >= 11 is 12.9. The molecule has 3 rings (SSSR count). The molecule has 0 saturated heterocycles. The maximum atomic E-state index is 12.3. The van der Waals surface area contributed by atoms with Crippen LogP contribution < -0.4 is 5.32 Å². The Balaban J connectivity index is 1.94. The zero-order valence-electron chi connectivity index (χ0n) is 12.6. The molecule has 0 aliphatic heterocycles. The van der Waals surface area contributed by atoms with Gasteiger partial charge in [-0.1, -0.05) is 35.3 Å². The van der Waals surface area contributed by atoms with Crippen LogP contribution in [0.25, 0.3) is 10.4 Å². The summed E-state index contributed by atoms with van der Waals surface area (Å²) in [5.74, 6) is -1.52. The van der Waals surface area contributed by atoms with Gasteiger partial charge in [0.05, 0.1) is 10.6 Å². The average Bonchev–Trinajstić information content (AvgIpc) is 3.00. The summed E-state index contributed by atoms with van der Waals surface area (Å²) in [5.41, 5.74) is 1.41. The third-order valence-corrected chi connectivity index (χ3v) is 5.00. The van der Waals surface area contributed by atoms with Crippen LogP contribution in [0.5, 0.6) is 0 Å². The molecule has 2 aromatic carbocycles. The summed E-state index contributed by atoms with van der Waals surface area (Å²) in [5, 5.41) is 14.9. The second-order valence-corrected chi connectivity index (χ2v) is 6.88. The summed E-state index contributed by atoms with van der Waals surface area (Å²) in [4.78, 5) is 24.6. The highest BCUT2D eigenvalue weighted by Gasteiger charge is 2.21. The van der Waals surface area contributed by atoms with Gasteiger partial charge in [0.25, 0.3) is 5.91 Å². The number of carboxylic acids is 1. The summed E-state index contributed by atoms with van der Waals surface area (Å²) in [6, 6.07) is 13.2. The number of nitrogens with one attached hydrogen (secondary N) is 1. The van der Waals surface area contributed by atoms with Crippen LogP contribution in [0.3, 0.4) is 0 Å². The molecule has 1 amide bonds. The van der Waals surface area contributed by atoms with Gasteiger partial charge in [-0.25, -0.2) is 4.79 Å². The summed E-state index contributed by atoms with van der Waals surface area (Å²) in [6.07, 6.45) is 0. The molecule has 2 N–H and O–H groups in total. The number of halogens is 2. The third-order valence-electron chi connectivity index (χ3n) is 3.47. The van der Waals surface area contributed by atoms with E-state index in [4.69, 9.17) is 23.2 Å². The summed E-state index contributed by atoms with van der Waals surface area (Å²) < 4.78 is 0. The Morgan fingerprint density at radius 2 is 1.48 bits per heavy atom. The van der Waals surface area contributed by atoms with Crippen molar-refractivity contribution in [2.24, 2.45) is 0 Å². The van der Waals surface area contributed by atoms with Crippen molar-refractivity contribution in [3.05, 3.63) is 75.1 Å². The van der Waals surface area contributed by atoms with Crippen LogP contribution in [0, 0.1) is 0 Å². The van der Waals surface area contributed by atoms with Gasteiger partial charge < -0.3 is 10.4 Å². The SMILES string of the molecule is O=C(Nc1csc(-c2ccc(Cl)cc2)c1C(=O)O)c1ccc(Cl)cc1. The van der Waals surface area contributed by atoms with Crippen molar-refractivity contribution in [2.75, 3.05) is 5.32 Å². The highest BCUT2D eigenvalue weighted by Crippen LogP contribution is 2.36. The van der Waals surface area contributed by atoms with E-state index in [0.29, 0.717) is 20.5 Å². The second-order valence-electron chi connectivity index (χ2n) is 5.13. The van der Waals surface area contributed by atoms with Gasteiger partial charge in [-0.3, -0.25) is 4.79 Å². The Hall–Kier alpha value is -2.34. The highest BCUT2D eigenvalue weighted by molar-refractivity contribution is 7.14. The molecule has 126 valence electrons. The first-order valence-corrected chi connectivity index (χ1v) is 8.77. The number of benzene rings is 2. The normalized spacial score (nSPS) is 10.5. The van der Waals surface area contributed by atoms with Gasteiger partial charge in [-0.15, -0.1) is 11.3 Å². The van der Waals surface area contributed by atoms with Crippen molar-refractivity contribution in [1.29, 1.82) is 0 Å². The van der Waals surface area contributed by atoms with E-state index in [0.717, 1.165) is 5.56 Å². The first-order valence-electron chi connectivity index (χ1n) is 7.13. The first kappa shape index (κ1) is 17.5. The number of carbonyl (C=O) groups is 2. The Kier molecular flexibility index (Phi) is 5.08. The fraction of sp³-hybridized carbons (Fsp3) is 0. The van der Waals surface area contributed by atoms with Crippen LogP contribution in [0.2, 0.25) is 10.0 Å². The van der Waals surface area contributed by atoms with Crippen LogP contribution in [-0.2, 0) is 0 Å². The monoisotopic (exact) mass is 391 g/mol. The van der Waals surface area contributed by atoms with Crippen LogP contribution in [0.4, 0.5) is 5.69 Å². The third kappa shape index (κ3) is 3.85. The number of amides is 1. The number of aromatic carboxylic acids is 1. The number of hydrogen-bond acceptors (Lipinski definition) is 3. The molecule has 0 saturated carbocycles. The fourth-order valence-corrected chi connectivity index (χ4v) is 3.52. The molecule has 0 aliphatic carbocycles. The Morgan fingerprint density at radius 3 is 2.04 bits per heavy atom. The minimum Gasteiger partial charge on any atom is -0.478 e. The molecule has 7 heteroatoms. The fourth-order valence-electron chi connectivity index (χ4n) is 2.27. The van der Waals surface area contributed by atoms with Crippen LogP contribution >= 0.6 is 34.5 Å². The lowest BCUT2D eigenvalue weighted by atomic mass is 10.1. The first-order chi connectivity index (χ1) is 12.0. The van der Waals surface area contributed by atoms with Crippen molar-refractivity contribution in [1.82, 2.24) is 0 Å². The molecular weight excluding hydrogens is 381 g/mol. The average molecular weight is 392 g/mol. The minimum absolute atomic E-state index is 0.0506. The van der Waals surface area contributed by atoms with E-state index in [1.807, 2.05) is 0 Å². The van der Waals surface area contributed by atoms with Crippen molar-refractivity contribution >= 4 is 52.1 Å². The standard InChI is InChI=1S/C18H11Cl2NO3S/c19-12-5-1-10(2-6-12)16-15(18(23)24)14(9-25-16)21-17(22)11-3-7-13(20)8-4-11/h1-9H,(H,21,22)(H,23,24). The zero-order valence-corrected chi connectivity index (χ0v) is 15.0. The van der Waals surface area contributed by atoms with Crippen LogP contribution in [0.1, 0.15) is 20.7 Å². The van der Waals surface area contributed by atoms with Crippen LogP contribution in [-0.4, -0.2) is 17.0 Å². The Morgan fingerprint density at radius 1 is 0.920 bits per heavy atom. The molecule has 0 unspecified atom stereocenters. The number of carbonyl (C=O) groups excluding carboxylic acids is 1. The highest BCUT2D eigenvalue weighted by atomic mass is 35.5. The van der Waals surface area contributed by atoms with Gasteiger partial charge in [-0.05, 0) is 42.0 Å². The van der Waals surface area contributed by atoms with Crippen LogP contribution in [0.15, 0.2) is 53.9 Å². The molecule has 25 heavy (non-hydrogen) atoms. The van der Waals surface area contributed by atoms with Crippen molar-refractivity contribution in [2.45, 2.75) is 0 Å². The van der Waals surface area contributed by atoms with E-state index in [-0.39, 0.29) is 11.3 Å². The molecule has 3 aromatic rings. The predicted octanol–water partition coefficient (Wildman–Crippen LogP) is 5.67. The van der Waals surface area contributed by atoms with E-state index in [1.165, 1.54) is 11.3 Å². The lowest BCUT2D eigenvalue weighted by Crippen LogP contribution is -2.13. The number of carboxylic acid groups (broad SMARTS) is 1. The second kappa shape index (κ2) is 7.27. The number of rotatable bonds is 4. The number of hydrogen-bond donors (Lipinski definition) is 2. The van der Waals surface area contributed by atoms with E-state index >= 15 is 0 Å². The van der Waals surface area contributed by atoms with E-state index in [1.54, 1.807) is 53.9 Å². The molecular formula is C18H11Cl2NO3S. The van der Waals surface area contributed by atoms with Gasteiger partial charge in [0, 0.05) is 21.0 Å². The molecule has 0 fully saturated rings. The van der Waals surface area contributed by atoms with Crippen molar-refractivity contribution in [3.63, 3.8) is 0 Å². The van der Waals surface area contributed by atoms with Gasteiger partial charge in [0.15, 0.2) is 0 Å². The van der Waals surface area contributed by atoms with Gasteiger partial charge >= 0.3 is 5.97 Å². The molecule has 0 radical (unpaired) electrons. The maximum absolute atomic E-state index is 12.3. The topological polar surface area (TPSA) is 66.4 Å². The maximum Gasteiger partial charge on any atom is 0.339 e. The Bertz CT molecular complexity index is 934. The van der Waals surface area contributed by atoms with E-state index < -0.39 is 11.9 Å². The van der Waals surface area contributed by atoms with Gasteiger partial charge in [-0.2, -0.15) is 0 Å². The van der Waals surface area contributed by atoms with Gasteiger partial charge in [0.2, 0.25) is 0 Å². The molecule has 0 aliphatic rings. The number of anilines is 1. The summed E-state index contributed by atoms with van der Waals surface area (Å²) in [7, 11) is 0. The van der Waals surface area contributed by atoms with Crippen molar-refractivity contribution < 1.29 is 14.7 Å². The summed E-state index contributed by atoms with van der Waals surface area (Å²) in [6.45, 7) is 0. The largest absolute Gasteiger partial charge is 0.478 e. The van der Waals surface area contributed by atoms with Crippen molar-refractivity contribution in [3.8, 4) is 10.4 Å². The molecule has 0 spiro atoms. The molecule has 1 aromatic heterocycles. The van der Waals surface area contributed by atoms with E-state index in [9.17, 15) is 14.7 Å². The zero-order chi connectivity index (χ0) is 18.0. The number of thiophene rings is 1. The lowest BCUT2D eigenvalue weighted by Gasteiger charge is -2.06. The molecule has 4 nitrogen and oxygen atoms in total. The predicted molar refractivity (Wildman–Crippen MR) is 101 cm³/mol. The molecule has 0 atom stereocenters. The minimum atomic E-state index is -1.11. The molecule has 1 heterocycles. The Labute approximate surface area is 157 Å². The lowest BCUT2D eigenvalue weighted by molar-refractivity contribution is 0.0699. The van der Waals surface area contributed by atoms with Gasteiger partial charge in [0.1, 0.15) is 5.56 Å². The quantitative estimate of drug-likeness (QED) is 0.601.